The van der Waals surface area contributed by atoms with E-state index in [0.29, 0.717) is 6.42 Å². The number of benzene rings is 1. The van der Waals surface area contributed by atoms with Crippen molar-refractivity contribution in [1.29, 1.82) is 0 Å². The Morgan fingerprint density at radius 3 is 2.29 bits per heavy atom. The topological polar surface area (TPSA) is 127 Å². The van der Waals surface area contributed by atoms with Gasteiger partial charge >= 0.3 is 0 Å². The molecule has 1 rings (SSSR count). The summed E-state index contributed by atoms with van der Waals surface area (Å²) in [6.07, 6.45) is 0.299. The number of carbonyl (C=O) groups excluding carboxylic acids is 3. The Labute approximate surface area is 142 Å². The maximum atomic E-state index is 12.3. The van der Waals surface area contributed by atoms with Gasteiger partial charge in [0.05, 0.1) is 12.6 Å². The fourth-order valence-electron chi connectivity index (χ4n) is 2.14. The van der Waals surface area contributed by atoms with Crippen LogP contribution < -0.4 is 22.1 Å². The molecular weight excluding hydrogens is 308 g/mol. The van der Waals surface area contributed by atoms with Gasteiger partial charge < -0.3 is 22.1 Å². The molecule has 0 spiro atoms. The molecule has 0 saturated heterocycles. The van der Waals surface area contributed by atoms with Gasteiger partial charge in [0.2, 0.25) is 17.7 Å². The van der Waals surface area contributed by atoms with Gasteiger partial charge in [-0.05, 0) is 24.0 Å². The standard InChI is InChI=1S/C17H26N4O3/c1-10(2)15(19)17(24)21-13(16(23)20-9-14(18)22)8-12-7-5-4-6-11(12)3/h4-7,10,13,15H,8-9,19H2,1-3H3,(H2,18,22)(H,20,23)(H,21,24)/t13-,15-/m0/s1. The molecule has 1 aromatic rings. The van der Waals surface area contributed by atoms with Crippen molar-refractivity contribution in [3.8, 4) is 0 Å². The van der Waals surface area contributed by atoms with Crippen LogP contribution in [0.1, 0.15) is 25.0 Å². The minimum absolute atomic E-state index is 0.0576. The molecule has 2 atom stereocenters. The van der Waals surface area contributed by atoms with Crippen molar-refractivity contribution in [2.45, 2.75) is 39.3 Å². The lowest BCUT2D eigenvalue weighted by atomic mass is 9.99. The summed E-state index contributed by atoms with van der Waals surface area (Å²) >= 11 is 0. The number of aryl methyl sites for hydroxylation is 1. The number of rotatable bonds is 8. The first-order valence-corrected chi connectivity index (χ1v) is 7.88. The second-order valence-electron chi connectivity index (χ2n) is 6.15. The fraction of sp³-hybridized carbons (Fsp3) is 0.471. The molecular formula is C17H26N4O3. The van der Waals surface area contributed by atoms with Gasteiger partial charge in [-0.25, -0.2) is 0 Å². The first-order valence-electron chi connectivity index (χ1n) is 7.88. The number of amides is 3. The van der Waals surface area contributed by atoms with Crippen molar-refractivity contribution >= 4 is 17.7 Å². The van der Waals surface area contributed by atoms with Gasteiger partial charge in [-0.15, -0.1) is 0 Å². The molecule has 7 nitrogen and oxygen atoms in total. The smallest absolute Gasteiger partial charge is 0.243 e. The normalized spacial score (nSPS) is 13.2. The zero-order valence-electron chi connectivity index (χ0n) is 14.3. The summed E-state index contributed by atoms with van der Waals surface area (Å²) in [6, 6.07) is 6.03. The Hall–Kier alpha value is -2.41. The van der Waals surface area contributed by atoms with Crippen molar-refractivity contribution in [3.63, 3.8) is 0 Å². The van der Waals surface area contributed by atoms with E-state index in [9.17, 15) is 14.4 Å². The van der Waals surface area contributed by atoms with Crippen LogP contribution in [0.4, 0.5) is 0 Å². The Balaban J connectivity index is 2.90. The zero-order chi connectivity index (χ0) is 18.3. The predicted octanol–water partition coefficient (Wildman–Crippen LogP) is -0.393. The summed E-state index contributed by atoms with van der Waals surface area (Å²) in [4.78, 5) is 35.4. The first-order chi connectivity index (χ1) is 11.2. The molecule has 0 radical (unpaired) electrons. The number of nitrogens with two attached hydrogens (primary N) is 2. The summed E-state index contributed by atoms with van der Waals surface area (Å²) in [7, 11) is 0. The molecule has 7 heteroatoms. The maximum Gasteiger partial charge on any atom is 0.243 e. The van der Waals surface area contributed by atoms with Crippen LogP contribution in [-0.2, 0) is 20.8 Å². The van der Waals surface area contributed by atoms with E-state index in [0.717, 1.165) is 11.1 Å². The molecule has 1 aromatic carbocycles. The number of hydrogen-bond donors (Lipinski definition) is 4. The van der Waals surface area contributed by atoms with Gasteiger partial charge in [0.1, 0.15) is 6.04 Å². The van der Waals surface area contributed by atoms with Crippen molar-refractivity contribution in [1.82, 2.24) is 10.6 Å². The van der Waals surface area contributed by atoms with Gasteiger partial charge in [-0.3, -0.25) is 14.4 Å². The average molecular weight is 334 g/mol. The highest BCUT2D eigenvalue weighted by Crippen LogP contribution is 2.10. The van der Waals surface area contributed by atoms with Gasteiger partial charge in [-0.1, -0.05) is 38.1 Å². The van der Waals surface area contributed by atoms with Gasteiger partial charge in [0.25, 0.3) is 0 Å². The molecule has 0 aliphatic carbocycles. The number of hydrogen-bond acceptors (Lipinski definition) is 4. The quantitative estimate of drug-likeness (QED) is 0.516. The summed E-state index contributed by atoms with van der Waals surface area (Å²) < 4.78 is 0. The second-order valence-corrected chi connectivity index (χ2v) is 6.15. The minimum atomic E-state index is -0.831. The van der Waals surface area contributed by atoms with Gasteiger partial charge in [-0.2, -0.15) is 0 Å². The van der Waals surface area contributed by atoms with E-state index in [4.69, 9.17) is 11.5 Å². The molecule has 0 bridgehead atoms. The minimum Gasteiger partial charge on any atom is -0.368 e. The number of primary amides is 1. The maximum absolute atomic E-state index is 12.3. The Kier molecular flexibility index (Phi) is 7.38. The van der Waals surface area contributed by atoms with Crippen molar-refractivity contribution in [2.24, 2.45) is 17.4 Å². The predicted molar refractivity (Wildman–Crippen MR) is 91.8 cm³/mol. The van der Waals surface area contributed by atoms with Crippen molar-refractivity contribution in [3.05, 3.63) is 35.4 Å². The molecule has 24 heavy (non-hydrogen) atoms. The molecule has 0 unspecified atom stereocenters. The van der Waals surface area contributed by atoms with Crippen LogP contribution in [0, 0.1) is 12.8 Å². The fourth-order valence-corrected chi connectivity index (χ4v) is 2.14. The summed E-state index contributed by atoms with van der Waals surface area (Å²) in [6.45, 7) is 5.30. The molecule has 132 valence electrons. The second kappa shape index (κ2) is 9.02. The van der Waals surface area contributed by atoms with Crippen LogP contribution in [0.2, 0.25) is 0 Å². The third kappa shape index (κ3) is 6.00. The highest BCUT2D eigenvalue weighted by Gasteiger charge is 2.25. The summed E-state index contributed by atoms with van der Waals surface area (Å²) in [5.41, 5.74) is 12.8. The van der Waals surface area contributed by atoms with E-state index in [-0.39, 0.29) is 12.5 Å². The zero-order valence-corrected chi connectivity index (χ0v) is 14.3. The molecule has 0 heterocycles. The van der Waals surface area contributed by atoms with Crippen molar-refractivity contribution < 1.29 is 14.4 Å². The number of carbonyl (C=O) groups is 3. The Bertz CT molecular complexity index is 601. The van der Waals surface area contributed by atoms with E-state index in [1.807, 2.05) is 45.0 Å². The van der Waals surface area contributed by atoms with E-state index in [2.05, 4.69) is 10.6 Å². The lowest BCUT2D eigenvalue weighted by Crippen LogP contribution is -2.54. The molecule has 6 N–H and O–H groups in total. The van der Waals surface area contributed by atoms with Gasteiger partial charge in [0.15, 0.2) is 0 Å². The van der Waals surface area contributed by atoms with Crippen LogP contribution in [0.5, 0.6) is 0 Å². The monoisotopic (exact) mass is 334 g/mol. The third-order valence-corrected chi connectivity index (χ3v) is 3.78. The first kappa shape index (κ1) is 19.6. The molecule has 0 aromatic heterocycles. The van der Waals surface area contributed by atoms with E-state index in [1.54, 1.807) is 0 Å². The summed E-state index contributed by atoms with van der Waals surface area (Å²) in [5.74, 6) is -1.58. The van der Waals surface area contributed by atoms with Crippen LogP contribution in [0.15, 0.2) is 24.3 Å². The largest absolute Gasteiger partial charge is 0.368 e. The van der Waals surface area contributed by atoms with Gasteiger partial charge in [0, 0.05) is 6.42 Å². The molecule has 0 fully saturated rings. The van der Waals surface area contributed by atoms with E-state index < -0.39 is 29.8 Å². The highest BCUT2D eigenvalue weighted by molar-refractivity contribution is 5.91. The third-order valence-electron chi connectivity index (χ3n) is 3.78. The van der Waals surface area contributed by atoms with E-state index in [1.165, 1.54) is 0 Å². The SMILES string of the molecule is Cc1ccccc1C[C@H](NC(=O)[C@@H](N)C(C)C)C(=O)NCC(N)=O. The molecule has 0 aliphatic heterocycles. The lowest BCUT2D eigenvalue weighted by molar-refractivity contribution is -0.130. The molecule has 0 aliphatic rings. The molecule has 0 saturated carbocycles. The lowest BCUT2D eigenvalue weighted by Gasteiger charge is -2.22. The van der Waals surface area contributed by atoms with Crippen LogP contribution >= 0.6 is 0 Å². The average Bonchev–Trinajstić information content (AvgIpc) is 2.52. The van der Waals surface area contributed by atoms with Crippen LogP contribution in [0.25, 0.3) is 0 Å². The van der Waals surface area contributed by atoms with Crippen molar-refractivity contribution in [2.75, 3.05) is 6.54 Å². The Morgan fingerprint density at radius 2 is 1.75 bits per heavy atom. The Morgan fingerprint density at radius 1 is 1.12 bits per heavy atom. The van der Waals surface area contributed by atoms with Crippen LogP contribution in [0.3, 0.4) is 0 Å². The summed E-state index contributed by atoms with van der Waals surface area (Å²) in [5, 5.41) is 5.10. The number of nitrogens with one attached hydrogen (secondary N) is 2. The van der Waals surface area contributed by atoms with Crippen LogP contribution in [-0.4, -0.2) is 36.3 Å². The highest BCUT2D eigenvalue weighted by atomic mass is 16.2. The molecule has 3 amide bonds. The van der Waals surface area contributed by atoms with E-state index >= 15 is 0 Å².